The van der Waals surface area contributed by atoms with E-state index in [0.717, 1.165) is 62.4 Å². The molecule has 0 aliphatic carbocycles. The number of aliphatic imine (C=N–C) groups is 1. The number of carbonyl (C=O) groups is 2. The lowest BCUT2D eigenvalue weighted by Crippen LogP contribution is -2.56. The Labute approximate surface area is 199 Å². The first-order valence-electron chi connectivity index (χ1n) is 11.7. The van der Waals surface area contributed by atoms with Gasteiger partial charge in [0.15, 0.2) is 0 Å². The predicted molar refractivity (Wildman–Crippen MR) is 128 cm³/mol. The van der Waals surface area contributed by atoms with Gasteiger partial charge in [0.1, 0.15) is 17.1 Å². The highest BCUT2D eigenvalue weighted by molar-refractivity contribution is 6.20. The zero-order valence-corrected chi connectivity index (χ0v) is 20.5. The van der Waals surface area contributed by atoms with Gasteiger partial charge in [-0.15, -0.1) is 0 Å². The number of benzene rings is 1. The summed E-state index contributed by atoms with van der Waals surface area (Å²) >= 11 is 0. The molecule has 3 aliphatic rings. The van der Waals surface area contributed by atoms with Crippen molar-refractivity contribution in [2.24, 2.45) is 4.99 Å². The van der Waals surface area contributed by atoms with E-state index in [4.69, 9.17) is 9.73 Å². The molecule has 180 valence electrons. The van der Waals surface area contributed by atoms with Crippen LogP contribution in [-0.4, -0.2) is 91.0 Å². The molecule has 10 heteroatoms. The van der Waals surface area contributed by atoms with Crippen LogP contribution in [0.15, 0.2) is 29.3 Å². The Morgan fingerprint density at radius 1 is 1.03 bits per heavy atom. The first kappa shape index (κ1) is 22.4. The van der Waals surface area contributed by atoms with Crippen LogP contribution in [0.1, 0.15) is 17.4 Å². The van der Waals surface area contributed by atoms with Crippen LogP contribution in [0.3, 0.4) is 0 Å². The van der Waals surface area contributed by atoms with E-state index in [-0.39, 0.29) is 11.9 Å². The van der Waals surface area contributed by atoms with Crippen LogP contribution < -0.4 is 14.2 Å². The topological polar surface area (TPSA) is 77.5 Å². The molecular formula is C24H32N7O3+. The molecule has 1 aromatic carbocycles. The summed E-state index contributed by atoms with van der Waals surface area (Å²) in [6.07, 6.45) is 0. The zero-order chi connectivity index (χ0) is 24.1. The number of hydrogen-bond acceptors (Lipinski definition) is 6. The van der Waals surface area contributed by atoms with Gasteiger partial charge in [0, 0.05) is 52.5 Å². The summed E-state index contributed by atoms with van der Waals surface area (Å²) in [6.45, 7) is 9.69. The molecular weight excluding hydrogens is 434 g/mol. The van der Waals surface area contributed by atoms with E-state index >= 15 is 0 Å². The minimum absolute atomic E-state index is 0.236. The third kappa shape index (κ3) is 3.44. The van der Waals surface area contributed by atoms with Crippen molar-refractivity contribution in [2.75, 3.05) is 58.8 Å². The highest BCUT2D eigenvalue weighted by Crippen LogP contribution is 2.34. The number of methoxy groups -OCH3 is 1. The number of ether oxygens (including phenoxy) is 1. The van der Waals surface area contributed by atoms with Crippen LogP contribution in [0.5, 0.6) is 5.75 Å². The molecule has 0 radical (unpaired) electrons. The predicted octanol–water partition coefficient (Wildman–Crippen LogP) is 1.33. The van der Waals surface area contributed by atoms with Crippen LogP contribution in [0.2, 0.25) is 0 Å². The second-order valence-electron chi connectivity index (χ2n) is 9.13. The molecule has 2 fully saturated rings. The van der Waals surface area contributed by atoms with Gasteiger partial charge in [-0.3, -0.25) is 19.5 Å². The Kier molecular flexibility index (Phi) is 5.55. The normalized spacial score (nSPS) is 20.6. The quantitative estimate of drug-likeness (QED) is 0.622. The van der Waals surface area contributed by atoms with Crippen molar-refractivity contribution in [3.63, 3.8) is 0 Å². The molecule has 10 nitrogen and oxygen atoms in total. The van der Waals surface area contributed by atoms with E-state index in [9.17, 15) is 9.59 Å². The van der Waals surface area contributed by atoms with Crippen molar-refractivity contribution in [3.8, 4) is 5.75 Å². The van der Waals surface area contributed by atoms with Crippen molar-refractivity contribution >= 4 is 29.4 Å². The van der Waals surface area contributed by atoms with Crippen molar-refractivity contribution in [1.82, 2.24) is 19.3 Å². The van der Waals surface area contributed by atoms with Crippen LogP contribution in [0.4, 0.5) is 16.4 Å². The molecule has 0 spiro atoms. The fraction of sp³-hybridized carbons (Fsp3) is 0.500. The van der Waals surface area contributed by atoms with Gasteiger partial charge in [0.2, 0.25) is 11.9 Å². The van der Waals surface area contributed by atoms with E-state index in [1.54, 1.807) is 14.2 Å². The molecule has 0 bridgehead atoms. The van der Waals surface area contributed by atoms with E-state index < -0.39 is 6.04 Å². The highest BCUT2D eigenvalue weighted by Gasteiger charge is 2.53. The third-order valence-corrected chi connectivity index (χ3v) is 7.40. The van der Waals surface area contributed by atoms with Gasteiger partial charge in [0.05, 0.1) is 13.7 Å². The first-order valence-corrected chi connectivity index (χ1v) is 11.7. The van der Waals surface area contributed by atoms with Gasteiger partial charge < -0.3 is 9.64 Å². The SMILES string of the molecule is COc1ccc(N2CCN(CC[n+]3c(C)c(C)n4c3N=C3C4C(=O)N(C)C(=O)N3C)CC2)cc1. The number of aromatic nitrogens is 2. The van der Waals surface area contributed by atoms with Crippen molar-refractivity contribution in [1.29, 1.82) is 0 Å². The van der Waals surface area contributed by atoms with E-state index in [0.29, 0.717) is 5.84 Å². The number of amides is 3. The average molecular weight is 467 g/mol. The Balaban J connectivity index is 1.28. The summed E-state index contributed by atoms with van der Waals surface area (Å²) in [4.78, 5) is 37.6. The molecule has 1 atom stereocenters. The fourth-order valence-electron chi connectivity index (χ4n) is 5.11. The number of fused-ring (bicyclic) bond motifs is 3. The molecule has 0 saturated carbocycles. The Morgan fingerprint density at radius 2 is 1.71 bits per heavy atom. The molecule has 1 aromatic heterocycles. The number of imide groups is 1. The largest absolute Gasteiger partial charge is 0.497 e. The third-order valence-electron chi connectivity index (χ3n) is 7.40. The van der Waals surface area contributed by atoms with Gasteiger partial charge >= 0.3 is 12.0 Å². The first-order chi connectivity index (χ1) is 16.3. The number of imidazole rings is 1. The standard InChI is InChI=1S/C24H32N7O3/c1-16-17(2)31-20-21(26(3)24(33)27(4)22(20)32)25-23(31)30(16)15-12-28-10-13-29(14-11-28)18-6-8-19(34-5)9-7-18/h6-9,20H,10-15H2,1-5H3/q+1. The Bertz CT molecular complexity index is 1160. The zero-order valence-electron chi connectivity index (χ0n) is 20.5. The molecule has 2 saturated heterocycles. The van der Waals surface area contributed by atoms with Crippen molar-refractivity contribution in [3.05, 3.63) is 35.7 Å². The number of carbonyl (C=O) groups excluding carboxylic acids is 2. The molecule has 3 amide bonds. The molecule has 5 rings (SSSR count). The summed E-state index contributed by atoms with van der Waals surface area (Å²) in [7, 11) is 4.89. The number of nitrogens with zero attached hydrogens (tertiary/aromatic N) is 7. The van der Waals surface area contributed by atoms with Crippen LogP contribution in [-0.2, 0) is 11.3 Å². The van der Waals surface area contributed by atoms with Crippen LogP contribution in [0, 0.1) is 13.8 Å². The highest BCUT2D eigenvalue weighted by atomic mass is 16.5. The summed E-state index contributed by atoms with van der Waals surface area (Å²) in [5, 5.41) is 0. The molecule has 34 heavy (non-hydrogen) atoms. The summed E-state index contributed by atoms with van der Waals surface area (Å²) < 4.78 is 9.43. The maximum Gasteiger partial charge on any atom is 0.402 e. The average Bonchev–Trinajstić information content (AvgIpc) is 3.36. The summed E-state index contributed by atoms with van der Waals surface area (Å²) in [6, 6.07) is 7.31. The molecule has 0 N–H and O–H groups in total. The number of urea groups is 1. The number of likely N-dealkylation sites (N-methyl/N-ethyl adjacent to an activating group) is 2. The fourth-order valence-corrected chi connectivity index (χ4v) is 5.11. The number of amidine groups is 1. The van der Waals surface area contributed by atoms with Gasteiger partial charge in [-0.2, -0.15) is 0 Å². The second-order valence-corrected chi connectivity index (χ2v) is 9.13. The van der Waals surface area contributed by atoms with Gasteiger partial charge in [-0.25, -0.2) is 13.9 Å². The Hall–Kier alpha value is -3.40. The molecule has 4 heterocycles. The number of anilines is 1. The molecule has 1 unspecified atom stereocenters. The van der Waals surface area contributed by atoms with E-state index in [2.05, 4.69) is 33.4 Å². The van der Waals surface area contributed by atoms with Crippen LogP contribution in [0.25, 0.3) is 0 Å². The smallest absolute Gasteiger partial charge is 0.402 e. The minimum atomic E-state index is -0.573. The van der Waals surface area contributed by atoms with Crippen LogP contribution >= 0.6 is 0 Å². The van der Waals surface area contributed by atoms with Gasteiger partial charge in [-0.1, -0.05) is 4.99 Å². The maximum atomic E-state index is 12.9. The molecule has 2 aromatic rings. The van der Waals surface area contributed by atoms with Crippen molar-refractivity contribution < 1.29 is 18.9 Å². The van der Waals surface area contributed by atoms with Gasteiger partial charge in [0.25, 0.3) is 5.91 Å². The number of hydrogen-bond donors (Lipinski definition) is 0. The summed E-state index contributed by atoms with van der Waals surface area (Å²) in [5.74, 6) is 1.89. The van der Waals surface area contributed by atoms with E-state index in [1.165, 1.54) is 22.5 Å². The second kappa shape index (κ2) is 8.43. The van der Waals surface area contributed by atoms with Gasteiger partial charge in [-0.05, 0) is 38.1 Å². The lowest BCUT2D eigenvalue weighted by molar-refractivity contribution is -0.688. The monoisotopic (exact) mass is 466 g/mol. The number of piperazine rings is 1. The minimum Gasteiger partial charge on any atom is -0.497 e. The maximum absolute atomic E-state index is 12.9. The lowest BCUT2D eigenvalue weighted by Gasteiger charge is -2.36. The number of rotatable bonds is 5. The van der Waals surface area contributed by atoms with E-state index in [1.807, 2.05) is 23.6 Å². The van der Waals surface area contributed by atoms with Crippen molar-refractivity contribution in [2.45, 2.75) is 26.4 Å². The lowest BCUT2D eigenvalue weighted by atomic mass is 10.1. The summed E-state index contributed by atoms with van der Waals surface area (Å²) in [5.41, 5.74) is 3.33. The molecule has 3 aliphatic heterocycles. The Morgan fingerprint density at radius 3 is 2.35 bits per heavy atom.